The number of aromatic nitrogens is 2. The SMILES string of the molecule is Cl.NC[C@]1(c2cccc(Cl)c2)CC[C@H](NC(=O)c2csnn2)CC1. The molecule has 0 aliphatic heterocycles. The lowest BCUT2D eigenvalue weighted by molar-refractivity contribution is 0.0913. The topological polar surface area (TPSA) is 80.9 Å². The number of benzene rings is 1. The molecule has 5 nitrogen and oxygen atoms in total. The van der Waals surface area contributed by atoms with E-state index in [0.29, 0.717) is 12.2 Å². The highest BCUT2D eigenvalue weighted by molar-refractivity contribution is 7.03. The Kier molecular flexibility index (Phi) is 6.57. The third-order valence-electron chi connectivity index (χ3n) is 4.70. The molecule has 0 bridgehead atoms. The van der Waals surface area contributed by atoms with E-state index in [9.17, 15) is 4.79 Å². The molecule has 0 atom stereocenters. The highest BCUT2D eigenvalue weighted by Gasteiger charge is 2.36. The van der Waals surface area contributed by atoms with Crippen LogP contribution in [-0.4, -0.2) is 28.1 Å². The number of nitrogens with two attached hydrogens (primary N) is 1. The molecule has 1 aliphatic carbocycles. The molecule has 130 valence electrons. The van der Waals surface area contributed by atoms with Gasteiger partial charge in [0.15, 0.2) is 5.69 Å². The van der Waals surface area contributed by atoms with Crippen LogP contribution in [0.25, 0.3) is 0 Å². The van der Waals surface area contributed by atoms with Gasteiger partial charge in [0, 0.05) is 28.4 Å². The number of carbonyl (C=O) groups excluding carboxylic acids is 1. The van der Waals surface area contributed by atoms with Crippen molar-refractivity contribution in [3.05, 3.63) is 45.9 Å². The molecule has 1 aliphatic rings. The Labute approximate surface area is 156 Å². The summed E-state index contributed by atoms with van der Waals surface area (Å²) in [6.45, 7) is 0.587. The quantitative estimate of drug-likeness (QED) is 0.845. The maximum absolute atomic E-state index is 12.1. The van der Waals surface area contributed by atoms with Crippen LogP contribution in [0.3, 0.4) is 0 Å². The van der Waals surface area contributed by atoms with E-state index >= 15 is 0 Å². The summed E-state index contributed by atoms with van der Waals surface area (Å²) in [5.41, 5.74) is 7.63. The zero-order valence-electron chi connectivity index (χ0n) is 13.1. The summed E-state index contributed by atoms with van der Waals surface area (Å²) in [6, 6.07) is 8.11. The minimum absolute atomic E-state index is 0. The molecule has 1 aromatic heterocycles. The maximum atomic E-state index is 12.1. The second-order valence-corrected chi connectivity index (χ2v) is 7.08. The summed E-state index contributed by atoms with van der Waals surface area (Å²) < 4.78 is 3.72. The fraction of sp³-hybridized carbons (Fsp3) is 0.438. The van der Waals surface area contributed by atoms with Gasteiger partial charge in [0.25, 0.3) is 5.91 Å². The van der Waals surface area contributed by atoms with E-state index in [2.05, 4.69) is 21.0 Å². The molecular weight excluding hydrogens is 367 g/mol. The van der Waals surface area contributed by atoms with E-state index in [0.717, 1.165) is 30.7 Å². The zero-order chi connectivity index (χ0) is 16.3. The van der Waals surface area contributed by atoms with Gasteiger partial charge in [-0.15, -0.1) is 17.5 Å². The molecule has 3 N–H and O–H groups in total. The fourth-order valence-electron chi connectivity index (χ4n) is 3.27. The van der Waals surface area contributed by atoms with Crippen LogP contribution < -0.4 is 11.1 Å². The number of hydrogen-bond acceptors (Lipinski definition) is 5. The van der Waals surface area contributed by atoms with Crippen LogP contribution in [0.1, 0.15) is 41.7 Å². The molecule has 2 aromatic rings. The lowest BCUT2D eigenvalue weighted by atomic mass is 9.68. The van der Waals surface area contributed by atoms with E-state index in [-0.39, 0.29) is 29.8 Å². The van der Waals surface area contributed by atoms with Crippen molar-refractivity contribution in [2.45, 2.75) is 37.1 Å². The largest absolute Gasteiger partial charge is 0.348 e. The molecule has 0 spiro atoms. The summed E-state index contributed by atoms with van der Waals surface area (Å²) in [5.74, 6) is -0.147. The van der Waals surface area contributed by atoms with Crippen LogP contribution in [0.2, 0.25) is 5.02 Å². The number of nitrogens with zero attached hydrogens (tertiary/aromatic N) is 2. The Morgan fingerprint density at radius 2 is 2.17 bits per heavy atom. The molecule has 1 heterocycles. The number of halogens is 2. The summed E-state index contributed by atoms with van der Waals surface area (Å²) >= 11 is 7.31. The van der Waals surface area contributed by atoms with Crippen LogP contribution in [0.15, 0.2) is 29.6 Å². The van der Waals surface area contributed by atoms with Crippen molar-refractivity contribution >= 4 is 41.4 Å². The Bertz CT molecular complexity index is 672. The van der Waals surface area contributed by atoms with Crippen molar-refractivity contribution in [3.8, 4) is 0 Å². The highest BCUT2D eigenvalue weighted by atomic mass is 35.5. The van der Waals surface area contributed by atoms with Crippen molar-refractivity contribution in [2.24, 2.45) is 5.73 Å². The maximum Gasteiger partial charge on any atom is 0.272 e. The molecular formula is C16H20Cl2N4OS. The number of nitrogens with one attached hydrogen (secondary N) is 1. The minimum Gasteiger partial charge on any atom is -0.348 e. The lowest BCUT2D eigenvalue weighted by Gasteiger charge is -2.40. The van der Waals surface area contributed by atoms with Crippen molar-refractivity contribution in [2.75, 3.05) is 6.54 Å². The van der Waals surface area contributed by atoms with Gasteiger partial charge in [-0.05, 0) is 54.9 Å². The van der Waals surface area contributed by atoms with E-state index in [1.807, 2.05) is 18.2 Å². The van der Waals surface area contributed by atoms with Gasteiger partial charge in [-0.1, -0.05) is 28.2 Å². The monoisotopic (exact) mass is 386 g/mol. The molecule has 1 fully saturated rings. The van der Waals surface area contributed by atoms with Gasteiger partial charge < -0.3 is 11.1 Å². The van der Waals surface area contributed by atoms with E-state index in [1.165, 1.54) is 17.1 Å². The standard InChI is InChI=1S/C16H19ClN4OS.ClH/c17-12-3-1-2-11(8-12)16(10-18)6-4-13(5-7-16)19-15(22)14-9-23-21-20-14;/h1-3,8-9,13H,4-7,10,18H2,(H,19,22);1H/t13-,16-;. The summed E-state index contributed by atoms with van der Waals surface area (Å²) in [5, 5.41) is 9.25. The van der Waals surface area contributed by atoms with Crippen LogP contribution in [-0.2, 0) is 5.41 Å². The van der Waals surface area contributed by atoms with Gasteiger partial charge in [-0.2, -0.15) is 0 Å². The van der Waals surface area contributed by atoms with Crippen LogP contribution in [0.5, 0.6) is 0 Å². The summed E-state index contributed by atoms with van der Waals surface area (Å²) in [7, 11) is 0. The normalized spacial score (nSPS) is 23.3. The van der Waals surface area contributed by atoms with Crippen LogP contribution >= 0.6 is 35.5 Å². The smallest absolute Gasteiger partial charge is 0.272 e. The van der Waals surface area contributed by atoms with Crippen LogP contribution in [0.4, 0.5) is 0 Å². The number of amides is 1. The van der Waals surface area contributed by atoms with Gasteiger partial charge in [-0.3, -0.25) is 4.79 Å². The third-order valence-corrected chi connectivity index (χ3v) is 5.44. The van der Waals surface area contributed by atoms with Gasteiger partial charge in [0.2, 0.25) is 0 Å². The summed E-state index contributed by atoms with van der Waals surface area (Å²) in [4.78, 5) is 12.1. The predicted molar refractivity (Wildman–Crippen MR) is 99.1 cm³/mol. The third kappa shape index (κ3) is 4.06. The first-order valence-electron chi connectivity index (χ1n) is 7.67. The highest BCUT2D eigenvalue weighted by Crippen LogP contribution is 2.39. The van der Waals surface area contributed by atoms with Gasteiger partial charge in [-0.25, -0.2) is 0 Å². The van der Waals surface area contributed by atoms with Crippen molar-refractivity contribution in [3.63, 3.8) is 0 Å². The average Bonchev–Trinajstić information content (AvgIpc) is 3.10. The molecule has 0 unspecified atom stereocenters. The molecule has 0 saturated heterocycles. The zero-order valence-corrected chi connectivity index (χ0v) is 15.5. The van der Waals surface area contributed by atoms with Crippen LogP contribution in [0, 0.1) is 0 Å². The fourth-order valence-corrected chi connectivity index (χ4v) is 3.89. The first-order chi connectivity index (χ1) is 11.1. The molecule has 1 aromatic carbocycles. The van der Waals surface area contributed by atoms with Gasteiger partial charge >= 0.3 is 0 Å². The summed E-state index contributed by atoms with van der Waals surface area (Å²) in [6.07, 6.45) is 3.66. The first kappa shape index (κ1) is 19.1. The van der Waals surface area contributed by atoms with Crippen molar-refractivity contribution < 1.29 is 4.79 Å². The van der Waals surface area contributed by atoms with E-state index in [4.69, 9.17) is 17.3 Å². The second kappa shape index (κ2) is 8.25. The Hall–Kier alpha value is -1.21. The van der Waals surface area contributed by atoms with Gasteiger partial charge in [0.05, 0.1) is 0 Å². The van der Waals surface area contributed by atoms with E-state index in [1.54, 1.807) is 5.38 Å². The molecule has 1 saturated carbocycles. The van der Waals surface area contributed by atoms with Crippen molar-refractivity contribution in [1.29, 1.82) is 0 Å². The number of hydrogen-bond donors (Lipinski definition) is 2. The van der Waals surface area contributed by atoms with Gasteiger partial charge in [0.1, 0.15) is 0 Å². The molecule has 3 rings (SSSR count). The predicted octanol–water partition coefficient (Wildman–Crippen LogP) is 3.18. The molecule has 0 radical (unpaired) electrons. The Balaban J connectivity index is 0.00000208. The molecule has 8 heteroatoms. The lowest BCUT2D eigenvalue weighted by Crippen LogP contribution is -2.45. The molecule has 1 amide bonds. The Morgan fingerprint density at radius 1 is 1.42 bits per heavy atom. The minimum atomic E-state index is -0.147. The number of carbonyl (C=O) groups is 1. The Morgan fingerprint density at radius 3 is 2.75 bits per heavy atom. The molecule has 24 heavy (non-hydrogen) atoms. The number of rotatable bonds is 4. The second-order valence-electron chi connectivity index (χ2n) is 6.03. The van der Waals surface area contributed by atoms with E-state index < -0.39 is 0 Å². The average molecular weight is 387 g/mol. The first-order valence-corrected chi connectivity index (χ1v) is 8.88. The van der Waals surface area contributed by atoms with Crippen molar-refractivity contribution in [1.82, 2.24) is 14.9 Å².